The lowest BCUT2D eigenvalue weighted by Gasteiger charge is -2.10. The molecule has 2 aromatic heterocycles. The van der Waals surface area contributed by atoms with E-state index >= 15 is 0 Å². The number of nitrogens with zero attached hydrogens (tertiary/aromatic N) is 3. The largest absolute Gasteiger partial charge is 0.496 e. The monoisotopic (exact) mass is 379 g/mol. The van der Waals surface area contributed by atoms with Crippen molar-refractivity contribution in [3.63, 3.8) is 0 Å². The van der Waals surface area contributed by atoms with Crippen LogP contribution in [0.5, 0.6) is 5.75 Å². The molecule has 4 aromatic rings. The number of aromatic nitrogens is 3. The summed E-state index contributed by atoms with van der Waals surface area (Å²) in [5, 5.41) is 3.98. The lowest BCUT2D eigenvalue weighted by atomic mass is 10.0. The molecule has 7 heteroatoms. The molecular weight excluding hydrogens is 362 g/mol. The van der Waals surface area contributed by atoms with Crippen molar-refractivity contribution < 1.29 is 13.2 Å². The maximum atomic E-state index is 12.1. The molecule has 0 saturated carbocycles. The molecule has 2 aromatic carbocycles. The van der Waals surface area contributed by atoms with Crippen molar-refractivity contribution in [2.75, 3.05) is 13.4 Å². The third-order valence-electron chi connectivity index (χ3n) is 4.28. The van der Waals surface area contributed by atoms with Crippen LogP contribution in [0, 0.1) is 0 Å². The van der Waals surface area contributed by atoms with Gasteiger partial charge in [0.05, 0.1) is 24.5 Å². The van der Waals surface area contributed by atoms with Crippen LogP contribution < -0.4 is 4.74 Å². The summed E-state index contributed by atoms with van der Waals surface area (Å²) in [5.74, 6) is 0.795. The minimum atomic E-state index is -3.52. The molecule has 0 fully saturated rings. The van der Waals surface area contributed by atoms with Gasteiger partial charge in [0.25, 0.3) is 0 Å². The van der Waals surface area contributed by atoms with Crippen molar-refractivity contribution in [1.29, 1.82) is 0 Å². The molecular formula is C20H17N3O3S. The Morgan fingerprint density at radius 2 is 1.67 bits per heavy atom. The predicted molar refractivity (Wildman–Crippen MR) is 104 cm³/mol. The van der Waals surface area contributed by atoms with E-state index in [-0.39, 0.29) is 5.16 Å². The van der Waals surface area contributed by atoms with Crippen LogP contribution in [0.3, 0.4) is 0 Å². The summed E-state index contributed by atoms with van der Waals surface area (Å²) in [5.41, 5.74) is 4.07. The SMILES string of the molecule is COc1ccccc1-c1ccc(-c2cc3ccnn3c(S(C)(=O)=O)n2)cc1. The molecule has 0 amide bonds. The van der Waals surface area contributed by atoms with E-state index in [1.807, 2.05) is 54.6 Å². The van der Waals surface area contributed by atoms with Gasteiger partial charge in [-0.2, -0.15) is 5.10 Å². The zero-order valence-corrected chi connectivity index (χ0v) is 15.6. The Morgan fingerprint density at radius 1 is 0.963 bits per heavy atom. The second kappa shape index (κ2) is 6.51. The van der Waals surface area contributed by atoms with Crippen LogP contribution in [-0.4, -0.2) is 36.4 Å². The van der Waals surface area contributed by atoms with Gasteiger partial charge in [0.2, 0.25) is 15.0 Å². The number of sulfone groups is 1. The lowest BCUT2D eigenvalue weighted by Crippen LogP contribution is -2.09. The normalized spacial score (nSPS) is 11.6. The summed E-state index contributed by atoms with van der Waals surface area (Å²) >= 11 is 0. The van der Waals surface area contributed by atoms with Crippen LogP contribution in [0.2, 0.25) is 0 Å². The lowest BCUT2D eigenvalue weighted by molar-refractivity contribution is 0.416. The molecule has 6 nitrogen and oxygen atoms in total. The van der Waals surface area contributed by atoms with Crippen molar-refractivity contribution in [2.24, 2.45) is 0 Å². The van der Waals surface area contributed by atoms with E-state index in [9.17, 15) is 8.42 Å². The van der Waals surface area contributed by atoms with Crippen LogP contribution in [0.15, 0.2) is 72.0 Å². The van der Waals surface area contributed by atoms with Gasteiger partial charge in [0.1, 0.15) is 5.75 Å². The van der Waals surface area contributed by atoms with Gasteiger partial charge in [0.15, 0.2) is 0 Å². The number of hydrogen-bond donors (Lipinski definition) is 0. The van der Waals surface area contributed by atoms with E-state index in [1.54, 1.807) is 19.4 Å². The topological polar surface area (TPSA) is 73.6 Å². The fourth-order valence-corrected chi connectivity index (χ4v) is 3.73. The molecule has 4 rings (SSSR count). The number of fused-ring (bicyclic) bond motifs is 1. The second-order valence-corrected chi connectivity index (χ2v) is 8.05. The highest BCUT2D eigenvalue weighted by Gasteiger charge is 2.17. The Kier molecular flexibility index (Phi) is 4.16. The molecule has 0 aliphatic heterocycles. The maximum Gasteiger partial charge on any atom is 0.249 e. The summed E-state index contributed by atoms with van der Waals surface area (Å²) in [4.78, 5) is 4.34. The van der Waals surface area contributed by atoms with Gasteiger partial charge in [-0.05, 0) is 23.8 Å². The molecule has 0 radical (unpaired) electrons. The highest BCUT2D eigenvalue weighted by molar-refractivity contribution is 7.90. The Balaban J connectivity index is 1.81. The van der Waals surface area contributed by atoms with E-state index in [0.717, 1.165) is 28.7 Å². The van der Waals surface area contributed by atoms with Crippen LogP contribution in [0.4, 0.5) is 0 Å². The smallest absolute Gasteiger partial charge is 0.249 e. The van der Waals surface area contributed by atoms with E-state index in [0.29, 0.717) is 11.2 Å². The van der Waals surface area contributed by atoms with E-state index in [2.05, 4.69) is 10.1 Å². The van der Waals surface area contributed by atoms with Crippen LogP contribution in [0.1, 0.15) is 0 Å². The van der Waals surface area contributed by atoms with Crippen molar-refractivity contribution in [1.82, 2.24) is 14.6 Å². The molecule has 0 aliphatic carbocycles. The highest BCUT2D eigenvalue weighted by atomic mass is 32.2. The first-order chi connectivity index (χ1) is 13.0. The third kappa shape index (κ3) is 3.17. The Labute approximate surface area is 157 Å². The molecule has 0 spiro atoms. The Bertz CT molecular complexity index is 1230. The highest BCUT2D eigenvalue weighted by Crippen LogP contribution is 2.31. The minimum Gasteiger partial charge on any atom is -0.496 e. The fraction of sp³-hybridized carbons (Fsp3) is 0.100. The van der Waals surface area contributed by atoms with Crippen LogP contribution >= 0.6 is 0 Å². The van der Waals surface area contributed by atoms with E-state index < -0.39 is 9.84 Å². The van der Waals surface area contributed by atoms with Crippen molar-refractivity contribution in [2.45, 2.75) is 5.16 Å². The minimum absolute atomic E-state index is 0.0752. The standard InChI is InChI=1S/C20H17N3O3S/c1-26-19-6-4-3-5-17(19)14-7-9-15(10-8-14)18-13-16-11-12-21-23(16)20(22-18)27(2,24)25/h3-13H,1-2H3. The van der Waals surface area contributed by atoms with E-state index in [4.69, 9.17) is 4.74 Å². The molecule has 27 heavy (non-hydrogen) atoms. The van der Waals surface area contributed by atoms with Gasteiger partial charge in [-0.3, -0.25) is 0 Å². The van der Waals surface area contributed by atoms with Crippen molar-refractivity contribution in [3.05, 3.63) is 66.9 Å². The second-order valence-electron chi connectivity index (χ2n) is 6.14. The maximum absolute atomic E-state index is 12.1. The number of para-hydroxylation sites is 1. The Morgan fingerprint density at radius 3 is 2.37 bits per heavy atom. The first kappa shape index (κ1) is 17.2. The van der Waals surface area contributed by atoms with Gasteiger partial charge in [0, 0.05) is 17.4 Å². The summed E-state index contributed by atoms with van der Waals surface area (Å²) in [6.45, 7) is 0. The average Bonchev–Trinajstić information content (AvgIpc) is 3.15. The molecule has 0 aliphatic rings. The molecule has 0 N–H and O–H groups in total. The van der Waals surface area contributed by atoms with Gasteiger partial charge in [-0.25, -0.2) is 17.9 Å². The number of hydrogen-bond acceptors (Lipinski definition) is 5. The number of rotatable bonds is 4. The van der Waals surface area contributed by atoms with Crippen LogP contribution in [0.25, 0.3) is 27.9 Å². The van der Waals surface area contributed by atoms with Gasteiger partial charge in [-0.1, -0.05) is 42.5 Å². The average molecular weight is 379 g/mol. The fourth-order valence-electron chi connectivity index (χ4n) is 3.00. The predicted octanol–water partition coefficient (Wildman–Crippen LogP) is 3.48. The molecule has 0 saturated heterocycles. The summed E-state index contributed by atoms with van der Waals surface area (Å²) < 4.78 is 31.0. The summed E-state index contributed by atoms with van der Waals surface area (Å²) in [7, 11) is -1.87. The van der Waals surface area contributed by atoms with E-state index in [1.165, 1.54) is 4.52 Å². The van der Waals surface area contributed by atoms with Crippen molar-refractivity contribution >= 4 is 15.4 Å². The van der Waals surface area contributed by atoms with Gasteiger partial charge < -0.3 is 4.74 Å². The number of methoxy groups -OCH3 is 1. The third-order valence-corrected chi connectivity index (χ3v) is 5.21. The van der Waals surface area contributed by atoms with Crippen LogP contribution in [-0.2, 0) is 9.84 Å². The molecule has 2 heterocycles. The summed E-state index contributed by atoms with van der Waals surface area (Å²) in [6.07, 6.45) is 2.69. The zero-order valence-electron chi connectivity index (χ0n) is 14.8. The number of benzene rings is 2. The molecule has 0 bridgehead atoms. The molecule has 0 unspecified atom stereocenters. The summed E-state index contributed by atoms with van der Waals surface area (Å²) in [6, 6.07) is 19.1. The molecule has 0 atom stereocenters. The zero-order chi connectivity index (χ0) is 19.0. The van der Waals surface area contributed by atoms with Gasteiger partial charge in [-0.15, -0.1) is 0 Å². The molecule has 136 valence electrons. The number of ether oxygens (including phenoxy) is 1. The Hall–Kier alpha value is -3.19. The first-order valence-electron chi connectivity index (χ1n) is 8.26. The van der Waals surface area contributed by atoms with Gasteiger partial charge >= 0.3 is 0 Å². The quantitative estimate of drug-likeness (QED) is 0.508. The van der Waals surface area contributed by atoms with Crippen molar-refractivity contribution in [3.8, 4) is 28.1 Å². The first-order valence-corrected chi connectivity index (χ1v) is 10.2.